The first-order valence-corrected chi connectivity index (χ1v) is 7.48. The Morgan fingerprint density at radius 2 is 2.00 bits per heavy atom. The average molecular weight is 277 g/mol. The normalized spacial score (nSPS) is 21.5. The van der Waals surface area contributed by atoms with E-state index in [2.05, 4.69) is 45.1 Å². The maximum atomic E-state index is 6.29. The fourth-order valence-electron chi connectivity index (χ4n) is 2.93. The van der Waals surface area contributed by atoms with Crippen LogP contribution in [0.1, 0.15) is 57.7 Å². The summed E-state index contributed by atoms with van der Waals surface area (Å²) in [5.41, 5.74) is 2.50. The molecule has 2 rings (SSSR count). The van der Waals surface area contributed by atoms with E-state index in [9.17, 15) is 0 Å². The van der Waals surface area contributed by atoms with Crippen molar-refractivity contribution in [3.63, 3.8) is 0 Å². The summed E-state index contributed by atoms with van der Waals surface area (Å²) in [6.07, 6.45) is 2.40. The Bertz CT molecular complexity index is 477. The lowest BCUT2D eigenvalue weighted by Crippen LogP contribution is -2.28. The molecule has 0 radical (unpaired) electrons. The molecule has 1 N–H and O–H groups in total. The number of rotatable bonds is 4. The SMILES string of the molecule is CCCC1Oc2c(cc(OC)cc2C(C)(C)C)C1NC. The van der Waals surface area contributed by atoms with Crippen LogP contribution in [0.3, 0.4) is 0 Å². The number of nitrogens with one attached hydrogen (secondary N) is 1. The van der Waals surface area contributed by atoms with E-state index in [-0.39, 0.29) is 17.6 Å². The number of hydrogen-bond donors (Lipinski definition) is 1. The molecule has 2 atom stereocenters. The minimum atomic E-state index is 0.0397. The van der Waals surface area contributed by atoms with Crippen LogP contribution in [0.15, 0.2) is 12.1 Å². The molecule has 1 aliphatic heterocycles. The van der Waals surface area contributed by atoms with Crippen molar-refractivity contribution in [2.24, 2.45) is 0 Å². The second kappa shape index (κ2) is 5.65. The van der Waals surface area contributed by atoms with Crippen molar-refractivity contribution in [2.75, 3.05) is 14.2 Å². The molecule has 0 saturated carbocycles. The number of benzene rings is 1. The van der Waals surface area contributed by atoms with Gasteiger partial charge in [0.25, 0.3) is 0 Å². The van der Waals surface area contributed by atoms with E-state index in [4.69, 9.17) is 9.47 Å². The summed E-state index contributed by atoms with van der Waals surface area (Å²) in [4.78, 5) is 0. The highest BCUT2D eigenvalue weighted by Gasteiger charge is 2.37. The molecule has 3 heteroatoms. The van der Waals surface area contributed by atoms with Gasteiger partial charge in [0, 0.05) is 11.1 Å². The van der Waals surface area contributed by atoms with Crippen molar-refractivity contribution in [1.82, 2.24) is 5.32 Å². The third kappa shape index (κ3) is 2.64. The van der Waals surface area contributed by atoms with Gasteiger partial charge >= 0.3 is 0 Å². The molecule has 2 unspecified atom stereocenters. The molecule has 0 aromatic heterocycles. The monoisotopic (exact) mass is 277 g/mol. The van der Waals surface area contributed by atoms with Gasteiger partial charge in [0.1, 0.15) is 17.6 Å². The van der Waals surface area contributed by atoms with E-state index in [0.29, 0.717) is 0 Å². The van der Waals surface area contributed by atoms with E-state index in [0.717, 1.165) is 24.3 Å². The maximum absolute atomic E-state index is 6.29. The molecule has 1 aromatic carbocycles. The third-order valence-electron chi connectivity index (χ3n) is 4.00. The smallest absolute Gasteiger partial charge is 0.128 e. The molecule has 1 aliphatic rings. The molecule has 20 heavy (non-hydrogen) atoms. The van der Waals surface area contributed by atoms with Crippen molar-refractivity contribution < 1.29 is 9.47 Å². The average Bonchev–Trinajstić information content (AvgIpc) is 2.73. The maximum Gasteiger partial charge on any atom is 0.128 e. The van der Waals surface area contributed by atoms with Crippen LogP contribution in [0.25, 0.3) is 0 Å². The predicted molar refractivity (Wildman–Crippen MR) is 82.8 cm³/mol. The van der Waals surface area contributed by atoms with Gasteiger partial charge in [-0.15, -0.1) is 0 Å². The quantitative estimate of drug-likeness (QED) is 0.907. The molecular formula is C17H27NO2. The summed E-state index contributed by atoms with van der Waals surface area (Å²) in [7, 11) is 3.73. The second-order valence-corrected chi connectivity index (χ2v) is 6.55. The highest BCUT2D eigenvalue weighted by molar-refractivity contribution is 5.54. The Morgan fingerprint density at radius 3 is 2.50 bits per heavy atom. The zero-order chi connectivity index (χ0) is 14.9. The molecule has 0 aliphatic carbocycles. The Hall–Kier alpha value is -1.22. The van der Waals surface area contributed by atoms with Gasteiger partial charge in [-0.05, 0) is 31.0 Å². The summed E-state index contributed by atoms with van der Waals surface area (Å²) >= 11 is 0. The molecule has 0 spiro atoms. The number of fused-ring (bicyclic) bond motifs is 1. The molecule has 3 nitrogen and oxygen atoms in total. The van der Waals surface area contributed by atoms with Crippen molar-refractivity contribution in [1.29, 1.82) is 0 Å². The van der Waals surface area contributed by atoms with E-state index in [1.807, 2.05) is 7.05 Å². The van der Waals surface area contributed by atoms with E-state index >= 15 is 0 Å². The molecular weight excluding hydrogens is 250 g/mol. The first kappa shape index (κ1) is 15.2. The number of ether oxygens (including phenoxy) is 2. The second-order valence-electron chi connectivity index (χ2n) is 6.55. The standard InChI is InChI=1S/C17H27NO2/c1-7-8-14-15(18-5)12-9-11(19-6)10-13(16(12)20-14)17(2,3)4/h9-10,14-15,18H,7-8H2,1-6H3. The molecule has 112 valence electrons. The highest BCUT2D eigenvalue weighted by Crippen LogP contribution is 2.46. The molecule has 0 bridgehead atoms. The van der Waals surface area contributed by atoms with Gasteiger partial charge in [0.2, 0.25) is 0 Å². The summed E-state index contributed by atoms with van der Waals surface area (Å²) in [6, 6.07) is 4.47. The fourth-order valence-corrected chi connectivity index (χ4v) is 2.93. The Labute approximate surface area is 122 Å². The predicted octanol–water partition coefficient (Wildman–Crippen LogP) is 3.81. The minimum Gasteiger partial charge on any atom is -0.497 e. The minimum absolute atomic E-state index is 0.0397. The highest BCUT2D eigenvalue weighted by atomic mass is 16.5. The summed E-state index contributed by atoms with van der Waals surface area (Å²) in [6.45, 7) is 8.84. The van der Waals surface area contributed by atoms with Crippen molar-refractivity contribution in [3.8, 4) is 11.5 Å². The Kier molecular flexibility index (Phi) is 4.28. The lowest BCUT2D eigenvalue weighted by Gasteiger charge is -2.23. The fraction of sp³-hybridized carbons (Fsp3) is 0.647. The summed E-state index contributed by atoms with van der Waals surface area (Å²) < 4.78 is 11.8. The molecule has 1 heterocycles. The molecule has 1 aromatic rings. The Balaban J connectivity index is 2.53. The first-order chi connectivity index (χ1) is 9.42. The Morgan fingerprint density at radius 1 is 1.30 bits per heavy atom. The van der Waals surface area contributed by atoms with Gasteiger partial charge in [-0.1, -0.05) is 34.1 Å². The van der Waals surface area contributed by atoms with E-state index < -0.39 is 0 Å². The van der Waals surface area contributed by atoms with Crippen LogP contribution in [-0.4, -0.2) is 20.3 Å². The first-order valence-electron chi connectivity index (χ1n) is 7.48. The van der Waals surface area contributed by atoms with Crippen LogP contribution in [0.4, 0.5) is 0 Å². The van der Waals surface area contributed by atoms with Crippen LogP contribution in [0, 0.1) is 0 Å². The number of hydrogen-bond acceptors (Lipinski definition) is 3. The zero-order valence-corrected chi connectivity index (χ0v) is 13.5. The summed E-state index contributed by atoms with van der Waals surface area (Å²) in [5, 5.41) is 3.40. The van der Waals surface area contributed by atoms with Crippen molar-refractivity contribution >= 4 is 0 Å². The molecule has 0 saturated heterocycles. The lowest BCUT2D eigenvalue weighted by molar-refractivity contribution is 0.179. The topological polar surface area (TPSA) is 30.5 Å². The van der Waals surface area contributed by atoms with Gasteiger partial charge in [-0.25, -0.2) is 0 Å². The van der Waals surface area contributed by atoms with Crippen molar-refractivity contribution in [2.45, 2.75) is 58.1 Å². The van der Waals surface area contributed by atoms with Gasteiger partial charge in [0.15, 0.2) is 0 Å². The van der Waals surface area contributed by atoms with Crippen LogP contribution < -0.4 is 14.8 Å². The number of methoxy groups -OCH3 is 1. The third-order valence-corrected chi connectivity index (χ3v) is 4.00. The zero-order valence-electron chi connectivity index (χ0n) is 13.5. The van der Waals surface area contributed by atoms with Crippen LogP contribution in [0.5, 0.6) is 11.5 Å². The van der Waals surface area contributed by atoms with E-state index in [1.165, 1.54) is 11.1 Å². The van der Waals surface area contributed by atoms with Crippen LogP contribution >= 0.6 is 0 Å². The van der Waals surface area contributed by atoms with Crippen LogP contribution in [-0.2, 0) is 5.41 Å². The molecule has 0 fully saturated rings. The summed E-state index contributed by atoms with van der Waals surface area (Å²) in [5.74, 6) is 1.96. The number of likely N-dealkylation sites (N-methyl/N-ethyl adjacent to an activating group) is 1. The largest absolute Gasteiger partial charge is 0.497 e. The van der Waals surface area contributed by atoms with E-state index in [1.54, 1.807) is 7.11 Å². The molecule has 0 amide bonds. The van der Waals surface area contributed by atoms with Crippen LogP contribution in [0.2, 0.25) is 0 Å². The lowest BCUT2D eigenvalue weighted by atomic mass is 9.84. The van der Waals surface area contributed by atoms with Gasteiger partial charge < -0.3 is 14.8 Å². The van der Waals surface area contributed by atoms with Crippen molar-refractivity contribution in [3.05, 3.63) is 23.3 Å². The van der Waals surface area contributed by atoms with Gasteiger partial charge in [0.05, 0.1) is 13.2 Å². The van der Waals surface area contributed by atoms with Gasteiger partial charge in [-0.2, -0.15) is 0 Å². The van der Waals surface area contributed by atoms with Gasteiger partial charge in [-0.3, -0.25) is 0 Å².